The first-order chi connectivity index (χ1) is 10.9. The van der Waals surface area contributed by atoms with E-state index in [1.807, 2.05) is 84.9 Å². The maximum absolute atomic E-state index is 9.48. The molecule has 0 fully saturated rings. The normalized spacial score (nSPS) is 11.2. The predicted molar refractivity (Wildman–Crippen MR) is 90.0 cm³/mol. The van der Waals surface area contributed by atoms with Crippen molar-refractivity contribution in [3.63, 3.8) is 0 Å². The van der Waals surface area contributed by atoms with Gasteiger partial charge in [-0.1, -0.05) is 71.9 Å². The molecule has 0 aromatic heterocycles. The van der Waals surface area contributed by atoms with Crippen molar-refractivity contribution in [2.75, 3.05) is 5.32 Å². The zero-order chi connectivity index (χ0) is 15.2. The van der Waals surface area contributed by atoms with Crippen molar-refractivity contribution < 1.29 is 5.21 Å². The molecule has 3 rings (SSSR count). The Morgan fingerprint density at radius 3 is 2.00 bits per heavy atom. The van der Waals surface area contributed by atoms with Crippen LogP contribution in [0.25, 0.3) is 0 Å². The molecular formula is C19H16N2O. The lowest BCUT2D eigenvalue weighted by Crippen LogP contribution is -2.06. The van der Waals surface area contributed by atoms with Crippen molar-refractivity contribution in [3.05, 3.63) is 96.1 Å². The molecule has 3 nitrogen and oxygen atoms in total. The molecule has 3 heteroatoms. The van der Waals surface area contributed by atoms with Crippen LogP contribution in [0.2, 0.25) is 0 Å². The minimum atomic E-state index is 0.541. The Hall–Kier alpha value is -3.07. The number of rotatable bonds is 4. The van der Waals surface area contributed by atoms with Crippen molar-refractivity contribution in [2.24, 2.45) is 5.16 Å². The second-order valence-electron chi connectivity index (χ2n) is 4.85. The van der Waals surface area contributed by atoms with Crippen molar-refractivity contribution in [1.29, 1.82) is 0 Å². The third kappa shape index (κ3) is 2.99. The van der Waals surface area contributed by atoms with E-state index in [4.69, 9.17) is 0 Å². The van der Waals surface area contributed by atoms with Crippen LogP contribution in [0.3, 0.4) is 0 Å². The molecule has 0 spiro atoms. The van der Waals surface area contributed by atoms with Crippen LogP contribution >= 0.6 is 0 Å². The van der Waals surface area contributed by atoms with Crippen LogP contribution < -0.4 is 5.32 Å². The Bertz CT molecular complexity index is 768. The van der Waals surface area contributed by atoms with Gasteiger partial charge in [0.1, 0.15) is 5.71 Å². The number of para-hydroxylation sites is 2. The van der Waals surface area contributed by atoms with E-state index in [0.717, 1.165) is 22.5 Å². The first-order valence-corrected chi connectivity index (χ1v) is 7.07. The third-order valence-electron chi connectivity index (χ3n) is 3.38. The fraction of sp³-hybridized carbons (Fsp3) is 0. The summed E-state index contributed by atoms with van der Waals surface area (Å²) in [5, 5.41) is 16.4. The molecular weight excluding hydrogens is 272 g/mol. The van der Waals surface area contributed by atoms with Gasteiger partial charge in [0, 0.05) is 22.5 Å². The molecule has 0 heterocycles. The highest BCUT2D eigenvalue weighted by molar-refractivity contribution is 6.15. The van der Waals surface area contributed by atoms with Gasteiger partial charge in [-0.2, -0.15) is 0 Å². The molecule has 0 bridgehead atoms. The minimum Gasteiger partial charge on any atom is -0.410 e. The number of hydrogen-bond donors (Lipinski definition) is 2. The number of anilines is 2. The molecule has 0 unspecified atom stereocenters. The highest BCUT2D eigenvalue weighted by atomic mass is 16.4. The third-order valence-corrected chi connectivity index (χ3v) is 3.38. The van der Waals surface area contributed by atoms with Crippen molar-refractivity contribution in [1.82, 2.24) is 0 Å². The Morgan fingerprint density at radius 2 is 1.32 bits per heavy atom. The molecule has 0 saturated heterocycles. The van der Waals surface area contributed by atoms with E-state index in [1.54, 1.807) is 0 Å². The van der Waals surface area contributed by atoms with Crippen LogP contribution in [0.5, 0.6) is 0 Å². The maximum atomic E-state index is 9.48. The molecule has 0 aliphatic rings. The van der Waals surface area contributed by atoms with Crippen LogP contribution in [0, 0.1) is 0 Å². The van der Waals surface area contributed by atoms with Gasteiger partial charge >= 0.3 is 0 Å². The molecule has 2 N–H and O–H groups in total. The van der Waals surface area contributed by atoms with Crippen molar-refractivity contribution in [2.45, 2.75) is 0 Å². The smallest absolute Gasteiger partial charge is 0.119 e. The van der Waals surface area contributed by atoms with E-state index in [2.05, 4.69) is 10.5 Å². The van der Waals surface area contributed by atoms with Gasteiger partial charge in [0.05, 0.1) is 0 Å². The fourth-order valence-corrected chi connectivity index (χ4v) is 2.34. The van der Waals surface area contributed by atoms with E-state index >= 15 is 0 Å². The standard InChI is InChI=1S/C19H16N2O/c22-21-19(15-9-3-1-4-10-15)17-13-7-8-14-18(17)20-16-11-5-2-6-12-16/h1-14,20,22H/b21-19+. The van der Waals surface area contributed by atoms with Crippen LogP contribution in [0.4, 0.5) is 11.4 Å². The number of hydrogen-bond acceptors (Lipinski definition) is 3. The number of nitrogens with zero attached hydrogens (tertiary/aromatic N) is 1. The Labute approximate surface area is 129 Å². The Morgan fingerprint density at radius 1 is 0.727 bits per heavy atom. The summed E-state index contributed by atoms with van der Waals surface area (Å²) in [7, 11) is 0. The van der Waals surface area contributed by atoms with Gasteiger partial charge in [0.15, 0.2) is 0 Å². The van der Waals surface area contributed by atoms with Crippen LogP contribution in [0.15, 0.2) is 90.1 Å². The summed E-state index contributed by atoms with van der Waals surface area (Å²) >= 11 is 0. The topological polar surface area (TPSA) is 44.6 Å². The van der Waals surface area contributed by atoms with E-state index in [0.29, 0.717) is 5.71 Å². The molecule has 0 saturated carbocycles. The van der Waals surface area contributed by atoms with Gasteiger partial charge in [0.25, 0.3) is 0 Å². The second kappa shape index (κ2) is 6.59. The lowest BCUT2D eigenvalue weighted by molar-refractivity contribution is 0.319. The molecule has 0 atom stereocenters. The summed E-state index contributed by atoms with van der Waals surface area (Å²) in [6, 6.07) is 27.3. The molecule has 3 aromatic rings. The molecule has 0 aliphatic carbocycles. The summed E-state index contributed by atoms with van der Waals surface area (Å²) in [5.74, 6) is 0. The average Bonchev–Trinajstić information content (AvgIpc) is 2.59. The fourth-order valence-electron chi connectivity index (χ4n) is 2.34. The van der Waals surface area contributed by atoms with Gasteiger partial charge in [0.2, 0.25) is 0 Å². The zero-order valence-corrected chi connectivity index (χ0v) is 12.0. The maximum Gasteiger partial charge on any atom is 0.119 e. The zero-order valence-electron chi connectivity index (χ0n) is 12.0. The van der Waals surface area contributed by atoms with Crippen molar-refractivity contribution >= 4 is 17.1 Å². The Kier molecular flexibility index (Phi) is 4.16. The Balaban J connectivity index is 2.01. The molecule has 3 aromatic carbocycles. The second-order valence-corrected chi connectivity index (χ2v) is 4.85. The van der Waals surface area contributed by atoms with Crippen molar-refractivity contribution in [3.8, 4) is 0 Å². The minimum absolute atomic E-state index is 0.541. The molecule has 108 valence electrons. The molecule has 22 heavy (non-hydrogen) atoms. The lowest BCUT2D eigenvalue weighted by Gasteiger charge is -2.13. The first-order valence-electron chi connectivity index (χ1n) is 7.07. The first kappa shape index (κ1) is 13.9. The highest BCUT2D eigenvalue weighted by Gasteiger charge is 2.12. The van der Waals surface area contributed by atoms with E-state index in [-0.39, 0.29) is 0 Å². The molecule has 0 aliphatic heterocycles. The molecule has 0 radical (unpaired) electrons. The van der Waals surface area contributed by atoms with Gasteiger partial charge < -0.3 is 10.5 Å². The summed E-state index contributed by atoms with van der Waals surface area (Å²) < 4.78 is 0. The van der Waals surface area contributed by atoms with Gasteiger partial charge in [-0.25, -0.2) is 0 Å². The van der Waals surface area contributed by atoms with E-state index in [1.165, 1.54) is 0 Å². The van der Waals surface area contributed by atoms with Gasteiger partial charge in [-0.05, 0) is 18.2 Å². The van der Waals surface area contributed by atoms with Gasteiger partial charge in [-0.3, -0.25) is 0 Å². The summed E-state index contributed by atoms with van der Waals surface area (Å²) in [5.41, 5.74) is 4.14. The average molecular weight is 288 g/mol. The monoisotopic (exact) mass is 288 g/mol. The van der Waals surface area contributed by atoms with E-state index < -0.39 is 0 Å². The summed E-state index contributed by atoms with van der Waals surface area (Å²) in [6.07, 6.45) is 0. The van der Waals surface area contributed by atoms with Gasteiger partial charge in [-0.15, -0.1) is 0 Å². The SMILES string of the molecule is O/N=C(\c1ccccc1)c1ccccc1Nc1ccccc1. The van der Waals surface area contributed by atoms with Crippen LogP contribution in [-0.2, 0) is 0 Å². The molecule has 0 amide bonds. The quantitative estimate of drug-likeness (QED) is 0.417. The van der Waals surface area contributed by atoms with E-state index in [9.17, 15) is 5.21 Å². The van der Waals surface area contributed by atoms with Crippen LogP contribution in [0.1, 0.15) is 11.1 Å². The summed E-state index contributed by atoms with van der Waals surface area (Å²) in [6.45, 7) is 0. The number of nitrogens with one attached hydrogen (secondary N) is 1. The van der Waals surface area contributed by atoms with Crippen LogP contribution in [-0.4, -0.2) is 10.9 Å². The largest absolute Gasteiger partial charge is 0.410 e. The number of oxime groups is 1. The lowest BCUT2D eigenvalue weighted by atomic mass is 10.0. The highest BCUT2D eigenvalue weighted by Crippen LogP contribution is 2.23. The summed E-state index contributed by atoms with van der Waals surface area (Å²) in [4.78, 5) is 0. The predicted octanol–water partition coefficient (Wildman–Crippen LogP) is 4.66. The number of benzene rings is 3.